The van der Waals surface area contributed by atoms with Crippen molar-refractivity contribution >= 4 is 23.3 Å². The third-order valence-electron chi connectivity index (χ3n) is 5.40. The first-order valence-electron chi connectivity index (χ1n) is 9.91. The van der Waals surface area contributed by atoms with E-state index in [1.807, 2.05) is 54.6 Å². The number of aromatic nitrogens is 2. The zero-order chi connectivity index (χ0) is 19.6. The Morgan fingerprint density at radius 2 is 1.72 bits per heavy atom. The van der Waals surface area contributed by atoms with E-state index in [0.29, 0.717) is 11.8 Å². The first-order chi connectivity index (χ1) is 14.3. The van der Waals surface area contributed by atoms with E-state index >= 15 is 0 Å². The molecule has 2 N–H and O–H groups in total. The molecule has 0 saturated heterocycles. The van der Waals surface area contributed by atoms with E-state index in [-0.39, 0.29) is 11.9 Å². The number of benzodiazepines with no additional fused rings is 1. The van der Waals surface area contributed by atoms with Gasteiger partial charge in [-0.3, -0.25) is 4.79 Å². The monoisotopic (exact) mass is 387 g/mol. The second kappa shape index (κ2) is 7.50. The predicted molar refractivity (Wildman–Crippen MR) is 110 cm³/mol. The standard InChI is InChI=1S/C22H21N5O2/c28-20-19(25-22-27-26-21(29-22)15-10-4-5-11-15)24-18(14-8-2-1-3-9-14)16-12-6-7-13-17(16)23-20/h1-3,6-9,12-13,15,19H,4-5,10-11H2,(H,23,28)(H,25,27)/t19-/m1/s1. The van der Waals surface area contributed by atoms with Gasteiger partial charge in [-0.2, -0.15) is 0 Å². The van der Waals surface area contributed by atoms with Crippen molar-refractivity contribution in [3.63, 3.8) is 0 Å². The maximum absolute atomic E-state index is 12.9. The molecule has 0 radical (unpaired) electrons. The van der Waals surface area contributed by atoms with Crippen LogP contribution in [0.3, 0.4) is 0 Å². The largest absolute Gasteiger partial charge is 0.408 e. The molecule has 7 heteroatoms. The maximum atomic E-state index is 12.9. The maximum Gasteiger partial charge on any atom is 0.317 e. The zero-order valence-electron chi connectivity index (χ0n) is 15.8. The molecular formula is C22H21N5O2. The quantitative estimate of drug-likeness (QED) is 0.707. The van der Waals surface area contributed by atoms with Crippen molar-refractivity contribution < 1.29 is 9.21 Å². The number of nitrogens with zero attached hydrogens (tertiary/aromatic N) is 3. The molecule has 2 heterocycles. The summed E-state index contributed by atoms with van der Waals surface area (Å²) in [7, 11) is 0. The van der Waals surface area contributed by atoms with Gasteiger partial charge in [0.05, 0.1) is 11.4 Å². The van der Waals surface area contributed by atoms with E-state index in [4.69, 9.17) is 9.41 Å². The molecule has 1 fully saturated rings. The molecule has 0 bridgehead atoms. The lowest BCUT2D eigenvalue weighted by Gasteiger charge is -2.11. The number of carbonyl (C=O) groups is 1. The molecule has 2 aromatic carbocycles. The average molecular weight is 387 g/mol. The normalized spacial score (nSPS) is 19.2. The Bertz CT molecular complexity index is 1050. The number of carbonyl (C=O) groups excluding carboxylic acids is 1. The molecule has 1 aromatic heterocycles. The lowest BCUT2D eigenvalue weighted by atomic mass is 10.0. The smallest absolute Gasteiger partial charge is 0.317 e. The van der Waals surface area contributed by atoms with E-state index in [1.165, 1.54) is 12.8 Å². The molecular weight excluding hydrogens is 366 g/mol. The number of hydrogen-bond donors (Lipinski definition) is 2. The van der Waals surface area contributed by atoms with Crippen LogP contribution in [0.2, 0.25) is 0 Å². The van der Waals surface area contributed by atoms with Gasteiger partial charge in [-0.1, -0.05) is 66.5 Å². The lowest BCUT2D eigenvalue weighted by Crippen LogP contribution is -2.32. The summed E-state index contributed by atoms with van der Waals surface area (Å²) in [6.07, 6.45) is 3.62. The Balaban J connectivity index is 1.49. The third kappa shape index (κ3) is 3.51. The number of fused-ring (bicyclic) bond motifs is 1. The Hall–Kier alpha value is -3.48. The summed E-state index contributed by atoms with van der Waals surface area (Å²) in [5.74, 6) is 0.673. The van der Waals surface area contributed by atoms with Gasteiger partial charge < -0.3 is 15.1 Å². The molecule has 7 nitrogen and oxygen atoms in total. The van der Waals surface area contributed by atoms with Crippen LogP contribution in [0.1, 0.15) is 48.6 Å². The Morgan fingerprint density at radius 3 is 2.55 bits per heavy atom. The van der Waals surface area contributed by atoms with Gasteiger partial charge in [-0.05, 0) is 18.9 Å². The fourth-order valence-corrected chi connectivity index (χ4v) is 3.93. The van der Waals surface area contributed by atoms with Gasteiger partial charge in [0.2, 0.25) is 12.1 Å². The molecule has 0 unspecified atom stereocenters. The van der Waals surface area contributed by atoms with Crippen LogP contribution >= 0.6 is 0 Å². The average Bonchev–Trinajstić information content (AvgIpc) is 3.42. The van der Waals surface area contributed by atoms with Crippen LogP contribution in [0.4, 0.5) is 11.7 Å². The molecule has 29 heavy (non-hydrogen) atoms. The summed E-state index contributed by atoms with van der Waals surface area (Å²) < 4.78 is 5.79. The highest BCUT2D eigenvalue weighted by Crippen LogP contribution is 2.34. The second-order valence-corrected chi connectivity index (χ2v) is 7.35. The highest BCUT2D eigenvalue weighted by atomic mass is 16.4. The molecule has 0 spiro atoms. The predicted octanol–water partition coefficient (Wildman–Crippen LogP) is 3.95. The van der Waals surface area contributed by atoms with Crippen LogP contribution in [-0.4, -0.2) is 28.0 Å². The molecule has 146 valence electrons. The van der Waals surface area contributed by atoms with Gasteiger partial charge >= 0.3 is 6.01 Å². The first kappa shape index (κ1) is 17.6. The minimum absolute atomic E-state index is 0.217. The summed E-state index contributed by atoms with van der Waals surface area (Å²) in [6, 6.07) is 17.7. The van der Waals surface area contributed by atoms with Crippen LogP contribution in [-0.2, 0) is 4.79 Å². The summed E-state index contributed by atoms with van der Waals surface area (Å²) in [6.45, 7) is 0. The number of anilines is 2. The molecule has 3 aromatic rings. The zero-order valence-corrected chi connectivity index (χ0v) is 15.8. The summed E-state index contributed by atoms with van der Waals surface area (Å²) in [4.78, 5) is 17.6. The highest BCUT2D eigenvalue weighted by Gasteiger charge is 2.28. The summed E-state index contributed by atoms with van der Waals surface area (Å²) in [5, 5.41) is 14.2. The SMILES string of the molecule is O=C1Nc2ccccc2C(c2ccccc2)=N[C@@H]1Nc1nnc(C2CCCC2)o1. The fraction of sp³-hybridized carbons (Fsp3) is 0.273. The molecule has 1 saturated carbocycles. The second-order valence-electron chi connectivity index (χ2n) is 7.35. The number of rotatable bonds is 4. The summed E-state index contributed by atoms with van der Waals surface area (Å²) >= 11 is 0. The number of benzene rings is 2. The van der Waals surface area contributed by atoms with Crippen molar-refractivity contribution in [1.82, 2.24) is 10.2 Å². The van der Waals surface area contributed by atoms with Crippen LogP contribution in [0.5, 0.6) is 0 Å². The minimum atomic E-state index is -0.880. The van der Waals surface area contributed by atoms with Crippen LogP contribution in [0.15, 0.2) is 64.0 Å². The van der Waals surface area contributed by atoms with Crippen LogP contribution in [0, 0.1) is 0 Å². The van der Waals surface area contributed by atoms with Gasteiger partial charge in [0.1, 0.15) is 0 Å². The highest BCUT2D eigenvalue weighted by molar-refractivity contribution is 6.19. The van der Waals surface area contributed by atoms with E-state index in [2.05, 4.69) is 20.8 Å². The lowest BCUT2D eigenvalue weighted by molar-refractivity contribution is -0.116. The molecule has 1 atom stereocenters. The molecule has 2 aliphatic rings. The molecule has 1 aliphatic carbocycles. The van der Waals surface area contributed by atoms with Crippen LogP contribution < -0.4 is 10.6 Å². The molecule has 1 aliphatic heterocycles. The number of nitrogens with one attached hydrogen (secondary N) is 2. The fourth-order valence-electron chi connectivity index (χ4n) is 3.93. The molecule has 5 rings (SSSR count). The van der Waals surface area contributed by atoms with Crippen molar-refractivity contribution in [2.75, 3.05) is 10.6 Å². The van der Waals surface area contributed by atoms with E-state index in [9.17, 15) is 4.79 Å². The van der Waals surface area contributed by atoms with Crippen molar-refractivity contribution in [3.05, 3.63) is 71.6 Å². The van der Waals surface area contributed by atoms with Crippen molar-refractivity contribution in [1.29, 1.82) is 0 Å². The van der Waals surface area contributed by atoms with Crippen molar-refractivity contribution in [3.8, 4) is 0 Å². The Morgan fingerprint density at radius 1 is 0.966 bits per heavy atom. The number of hydrogen-bond acceptors (Lipinski definition) is 6. The summed E-state index contributed by atoms with van der Waals surface area (Å²) in [5.41, 5.74) is 3.25. The number of aliphatic imine (C=N–C) groups is 1. The van der Waals surface area contributed by atoms with E-state index in [0.717, 1.165) is 35.4 Å². The van der Waals surface area contributed by atoms with Gasteiger partial charge in [0, 0.05) is 17.0 Å². The third-order valence-corrected chi connectivity index (χ3v) is 5.40. The Labute approximate surface area is 168 Å². The van der Waals surface area contributed by atoms with E-state index < -0.39 is 6.17 Å². The topological polar surface area (TPSA) is 92.4 Å². The van der Waals surface area contributed by atoms with Crippen molar-refractivity contribution in [2.45, 2.75) is 37.8 Å². The van der Waals surface area contributed by atoms with Gasteiger partial charge in [0.25, 0.3) is 5.91 Å². The number of para-hydroxylation sites is 1. The van der Waals surface area contributed by atoms with Crippen molar-refractivity contribution in [2.24, 2.45) is 4.99 Å². The van der Waals surface area contributed by atoms with Gasteiger partial charge in [-0.25, -0.2) is 4.99 Å². The number of amides is 1. The van der Waals surface area contributed by atoms with Crippen LogP contribution in [0.25, 0.3) is 0 Å². The Kier molecular flexibility index (Phi) is 4.56. The van der Waals surface area contributed by atoms with Gasteiger partial charge in [-0.15, -0.1) is 5.10 Å². The molecule has 1 amide bonds. The van der Waals surface area contributed by atoms with E-state index in [1.54, 1.807) is 0 Å². The van der Waals surface area contributed by atoms with Gasteiger partial charge in [0.15, 0.2) is 0 Å². The minimum Gasteiger partial charge on any atom is -0.408 e. The first-order valence-corrected chi connectivity index (χ1v) is 9.91.